The number of nitrogens with one attached hydrogen (secondary N) is 1. The third-order valence-electron chi connectivity index (χ3n) is 13.8. The molecule has 308 valence electrons. The molecule has 0 radical (unpaired) electrons. The van der Waals surface area contributed by atoms with Crippen molar-refractivity contribution in [3.05, 3.63) is 23.3 Å². The lowest BCUT2D eigenvalue weighted by Crippen LogP contribution is -2.53. The van der Waals surface area contributed by atoms with E-state index in [2.05, 4.69) is 99.0 Å². The second-order valence-corrected chi connectivity index (χ2v) is 35.5. The summed E-state index contributed by atoms with van der Waals surface area (Å²) in [5.74, 6) is 0.400. The van der Waals surface area contributed by atoms with E-state index in [9.17, 15) is 18.0 Å². The molecule has 5 nitrogen and oxygen atoms in total. The molecule has 1 amide bonds. The molecule has 7 atom stereocenters. The maximum absolute atomic E-state index is 14.1. The monoisotopic (exact) mass is 802 g/mol. The maximum Gasteiger partial charge on any atom is 0.416 e. The van der Waals surface area contributed by atoms with Crippen molar-refractivity contribution in [2.24, 2.45) is 23.2 Å². The fourth-order valence-corrected chi connectivity index (χ4v) is 13.2. The van der Waals surface area contributed by atoms with E-state index in [0.29, 0.717) is 18.4 Å². The number of halogens is 3. The van der Waals surface area contributed by atoms with Crippen molar-refractivity contribution in [1.82, 2.24) is 5.32 Å². The summed E-state index contributed by atoms with van der Waals surface area (Å²) in [5.41, 5.74) is 0.555. The molecule has 0 spiro atoms. The van der Waals surface area contributed by atoms with Crippen LogP contribution in [0.25, 0.3) is 0 Å². The number of carbonyl (C=O) groups is 1. The van der Waals surface area contributed by atoms with Crippen LogP contribution in [-0.4, -0.2) is 61.4 Å². The van der Waals surface area contributed by atoms with E-state index in [1.807, 2.05) is 0 Å². The predicted octanol–water partition coefficient (Wildman–Crippen LogP) is 12.7. The van der Waals surface area contributed by atoms with E-state index in [1.165, 1.54) is 11.1 Å². The quantitative estimate of drug-likeness (QED) is 0.200. The Balaban J connectivity index is 1.80. The number of carbonyl (C=O) groups excluding carboxylic acids is 1. The Labute approximate surface area is 325 Å². The van der Waals surface area contributed by atoms with Gasteiger partial charge in [-0.1, -0.05) is 85.1 Å². The van der Waals surface area contributed by atoms with Crippen molar-refractivity contribution in [1.29, 1.82) is 0 Å². The fraction of sp³-hybridized carbons (Fsp3) is 0.881. The average molecular weight is 802 g/mol. The highest BCUT2D eigenvalue weighted by atomic mass is 28.4. The Hall–Kier alpha value is -0.729. The number of fused-ring (bicyclic) bond motifs is 1. The lowest BCUT2D eigenvalue weighted by Gasteiger charge is -2.53. The van der Waals surface area contributed by atoms with E-state index in [0.717, 1.165) is 64.7 Å². The summed E-state index contributed by atoms with van der Waals surface area (Å²) in [5, 5.41) is 3.18. The molecule has 53 heavy (non-hydrogen) atoms. The van der Waals surface area contributed by atoms with Gasteiger partial charge in [0.1, 0.15) is 0 Å². The third kappa shape index (κ3) is 11.9. The number of alkyl halides is 3. The van der Waals surface area contributed by atoms with Crippen LogP contribution in [0.3, 0.4) is 0 Å². The van der Waals surface area contributed by atoms with Gasteiger partial charge in [0.2, 0.25) is 5.91 Å². The van der Waals surface area contributed by atoms with E-state index < -0.39 is 49.1 Å². The van der Waals surface area contributed by atoms with Crippen molar-refractivity contribution in [2.45, 2.75) is 206 Å². The zero-order chi connectivity index (χ0) is 40.6. The molecular formula is C42H78F3NO4Si3. The molecule has 3 rings (SSSR count). The number of rotatable bonds is 12. The van der Waals surface area contributed by atoms with Gasteiger partial charge in [0.15, 0.2) is 30.6 Å². The molecule has 0 saturated heterocycles. The molecule has 0 aromatic rings. The van der Waals surface area contributed by atoms with Gasteiger partial charge in [0.25, 0.3) is 0 Å². The Morgan fingerprint density at radius 2 is 1.40 bits per heavy atom. The highest BCUT2D eigenvalue weighted by molar-refractivity contribution is 6.74. The lowest BCUT2D eigenvalue weighted by molar-refractivity contribution is -0.246. The first-order valence-corrected chi connectivity index (χ1v) is 29.8. The van der Waals surface area contributed by atoms with Crippen molar-refractivity contribution in [2.75, 3.05) is 6.54 Å². The summed E-state index contributed by atoms with van der Waals surface area (Å²) in [4.78, 5) is 13.0. The van der Waals surface area contributed by atoms with Crippen LogP contribution in [0.15, 0.2) is 23.3 Å². The van der Waals surface area contributed by atoms with Crippen LogP contribution in [0.5, 0.6) is 0 Å². The van der Waals surface area contributed by atoms with Crippen molar-refractivity contribution in [3.8, 4) is 0 Å². The van der Waals surface area contributed by atoms with Crippen molar-refractivity contribution < 1.29 is 31.2 Å². The van der Waals surface area contributed by atoms with Crippen LogP contribution in [0, 0.1) is 23.2 Å². The largest absolute Gasteiger partial charge is 0.416 e. The molecule has 1 unspecified atom stereocenters. The molecule has 3 fully saturated rings. The summed E-state index contributed by atoms with van der Waals surface area (Å²) < 4.78 is 62.0. The highest BCUT2D eigenvalue weighted by Gasteiger charge is 2.55. The van der Waals surface area contributed by atoms with Gasteiger partial charge >= 0.3 is 6.18 Å². The normalized spacial score (nSPS) is 29.3. The number of hydrogen-bond acceptors (Lipinski definition) is 4. The minimum atomic E-state index is -4.63. The first-order chi connectivity index (χ1) is 23.8. The number of amides is 1. The number of hydrogen-bond donors (Lipinski definition) is 1. The minimum Gasteiger partial charge on any atom is -0.414 e. The molecule has 0 heterocycles. The van der Waals surface area contributed by atoms with Crippen LogP contribution in [0.2, 0.25) is 55.9 Å². The Morgan fingerprint density at radius 1 is 0.868 bits per heavy atom. The summed E-state index contributed by atoms with van der Waals surface area (Å²) in [6, 6.07) is 0. The lowest BCUT2D eigenvalue weighted by atomic mass is 9.52. The third-order valence-corrected chi connectivity index (χ3v) is 23.9. The van der Waals surface area contributed by atoms with E-state index in [-0.39, 0.29) is 33.6 Å². The molecule has 11 heteroatoms. The van der Waals surface area contributed by atoms with E-state index in [4.69, 9.17) is 13.3 Å². The summed E-state index contributed by atoms with van der Waals surface area (Å²) in [6.07, 6.45) is 9.40. The summed E-state index contributed by atoms with van der Waals surface area (Å²) in [6.45, 7) is 34.5. The van der Waals surface area contributed by atoms with Crippen molar-refractivity contribution >= 4 is 30.9 Å². The van der Waals surface area contributed by atoms with Crippen LogP contribution < -0.4 is 5.32 Å². The SMILES string of the molecule is CC(CNC(=O)C[C@@](C)(O[Si](C)(C)C)C(F)(F)F)[C@H]1CCC[C@H]2C(=CC=C3C[C@@H](O[Si](C)(C)C(C)(C)C)C[C@H](O[Si](C)(C)C(C)(C)C)C3)CCC[C@@]12C. The molecule has 1 N–H and O–H groups in total. The van der Waals surface area contributed by atoms with Gasteiger partial charge in [-0.15, -0.1) is 0 Å². The van der Waals surface area contributed by atoms with E-state index >= 15 is 0 Å². The molecule has 0 aromatic carbocycles. The molecule has 3 aliphatic rings. The topological polar surface area (TPSA) is 56.8 Å². The second-order valence-electron chi connectivity index (χ2n) is 21.6. The molecule has 0 aromatic heterocycles. The van der Waals surface area contributed by atoms with Crippen LogP contribution in [-0.2, 0) is 18.1 Å². The standard InChI is InChI=1S/C42H78F3NO4Si3/c1-30(29-46-37(47)28-41(9,42(43,44)45)50-51(10,11)12)35-20-17-21-36-32(19-18-24-40(35,36)8)23-22-31-25-33(48-52(13,14)38(2,3)4)27-34(26-31)49-53(15,16)39(5,6)7/h22-23,30,33-36H,17-21,24-29H2,1-16H3,(H,46,47)/t30?,33-,34-,35-,36+,40+,41-/m1/s1. The number of allylic oxidation sites excluding steroid dienone is 3. The first-order valence-electron chi connectivity index (χ1n) is 20.6. The van der Waals surface area contributed by atoms with Gasteiger partial charge in [0.05, 0.1) is 18.6 Å². The zero-order valence-electron chi connectivity index (χ0n) is 36.6. The maximum atomic E-state index is 14.1. The van der Waals surface area contributed by atoms with Crippen LogP contribution >= 0.6 is 0 Å². The smallest absolute Gasteiger partial charge is 0.414 e. The molecule has 3 aliphatic carbocycles. The van der Waals surface area contributed by atoms with E-state index in [1.54, 1.807) is 19.6 Å². The van der Waals surface area contributed by atoms with Gasteiger partial charge < -0.3 is 18.6 Å². The molecular weight excluding hydrogens is 724 g/mol. The van der Waals surface area contributed by atoms with Gasteiger partial charge in [0, 0.05) is 6.54 Å². The Kier molecular flexibility index (Phi) is 14.6. The zero-order valence-corrected chi connectivity index (χ0v) is 39.6. The minimum absolute atomic E-state index is 0.0843. The molecule has 0 bridgehead atoms. The van der Waals surface area contributed by atoms with Gasteiger partial charge in [-0.2, -0.15) is 13.2 Å². The first kappa shape index (κ1) is 46.7. The Morgan fingerprint density at radius 3 is 1.87 bits per heavy atom. The predicted molar refractivity (Wildman–Crippen MR) is 223 cm³/mol. The Bertz CT molecular complexity index is 1290. The molecule has 3 saturated carbocycles. The average Bonchev–Trinajstić information content (AvgIpc) is 2.95. The summed E-state index contributed by atoms with van der Waals surface area (Å²) in [7, 11) is -6.49. The highest BCUT2D eigenvalue weighted by Crippen LogP contribution is 2.57. The fourth-order valence-electron chi connectivity index (χ4n) is 8.92. The van der Waals surface area contributed by atoms with Crippen LogP contribution in [0.4, 0.5) is 13.2 Å². The van der Waals surface area contributed by atoms with Gasteiger partial charge in [-0.25, -0.2) is 0 Å². The van der Waals surface area contributed by atoms with Gasteiger partial charge in [-0.05, 0) is 137 Å². The van der Waals surface area contributed by atoms with Crippen molar-refractivity contribution in [3.63, 3.8) is 0 Å². The summed E-state index contributed by atoms with van der Waals surface area (Å²) >= 11 is 0. The van der Waals surface area contributed by atoms with Gasteiger partial charge in [-0.3, -0.25) is 4.79 Å². The molecule has 0 aliphatic heterocycles. The second kappa shape index (κ2) is 16.6. The van der Waals surface area contributed by atoms with Crippen LogP contribution in [0.1, 0.15) is 127 Å².